The van der Waals surface area contributed by atoms with Crippen LogP contribution in [-0.2, 0) is 0 Å². The molecule has 0 saturated carbocycles. The van der Waals surface area contributed by atoms with Crippen LogP contribution in [0.1, 0.15) is 5.56 Å². The van der Waals surface area contributed by atoms with E-state index in [1.807, 2.05) is 31.2 Å². The number of rotatable bonds is 4. The maximum atomic E-state index is 14.5. The third-order valence-electron chi connectivity index (χ3n) is 3.90. The van der Waals surface area contributed by atoms with Gasteiger partial charge in [-0.2, -0.15) is 0 Å². The van der Waals surface area contributed by atoms with Crippen molar-refractivity contribution in [1.29, 1.82) is 0 Å². The van der Waals surface area contributed by atoms with Gasteiger partial charge in [0.1, 0.15) is 18.4 Å². The summed E-state index contributed by atoms with van der Waals surface area (Å²) in [4.78, 5) is 0. The van der Waals surface area contributed by atoms with Crippen molar-refractivity contribution in [2.75, 3.05) is 0 Å². The van der Waals surface area contributed by atoms with E-state index < -0.39 is 23.2 Å². The average Bonchev–Trinajstić information content (AvgIpc) is 2.61. The molecule has 0 aliphatic rings. The SMILES string of the molecule is Cc1ccc(-c2ccc(-c3cc(F)c(O/C=C/F)c(F)c3)c(F)c2)cc1. The summed E-state index contributed by atoms with van der Waals surface area (Å²) in [6.07, 6.45) is 0.522. The Morgan fingerprint density at radius 1 is 0.731 bits per heavy atom. The van der Waals surface area contributed by atoms with Gasteiger partial charge in [-0.05, 0) is 41.8 Å². The minimum Gasteiger partial charge on any atom is -0.456 e. The number of ether oxygens (including phenoxy) is 1. The van der Waals surface area contributed by atoms with E-state index in [1.54, 1.807) is 6.07 Å². The maximum Gasteiger partial charge on any atom is 0.197 e. The van der Waals surface area contributed by atoms with Crippen molar-refractivity contribution < 1.29 is 22.3 Å². The Bertz CT molecular complexity index is 939. The quantitative estimate of drug-likeness (QED) is 0.379. The number of aryl methyl sites for hydroxylation is 1. The fourth-order valence-corrected chi connectivity index (χ4v) is 2.60. The van der Waals surface area contributed by atoms with Crippen LogP contribution in [0.3, 0.4) is 0 Å². The van der Waals surface area contributed by atoms with Crippen molar-refractivity contribution in [2.45, 2.75) is 6.92 Å². The van der Waals surface area contributed by atoms with Crippen molar-refractivity contribution in [3.63, 3.8) is 0 Å². The molecule has 3 aromatic rings. The molecule has 1 nitrogen and oxygen atoms in total. The second-order valence-electron chi connectivity index (χ2n) is 5.71. The second-order valence-corrected chi connectivity index (χ2v) is 5.71. The molecule has 0 atom stereocenters. The molecule has 132 valence electrons. The van der Waals surface area contributed by atoms with Crippen LogP contribution in [0.5, 0.6) is 5.75 Å². The Hall–Kier alpha value is -3.08. The molecule has 0 bridgehead atoms. The lowest BCUT2D eigenvalue weighted by atomic mass is 9.99. The molecule has 0 fully saturated rings. The predicted molar refractivity (Wildman–Crippen MR) is 92.8 cm³/mol. The van der Waals surface area contributed by atoms with Gasteiger partial charge in [-0.15, -0.1) is 0 Å². The minimum absolute atomic E-state index is 0.0102. The standard InChI is InChI=1S/C21H14F4O/c1-13-2-4-14(5-3-13)15-6-7-17(18(23)10-15)16-11-19(24)21(20(25)12-16)26-9-8-22/h2-12H,1H3/b9-8+. The summed E-state index contributed by atoms with van der Waals surface area (Å²) in [6.45, 7) is 1.95. The Kier molecular flexibility index (Phi) is 5.07. The first-order valence-electron chi connectivity index (χ1n) is 7.77. The Balaban J connectivity index is 1.98. The molecule has 0 unspecified atom stereocenters. The van der Waals surface area contributed by atoms with Crippen LogP contribution in [0.2, 0.25) is 0 Å². The summed E-state index contributed by atoms with van der Waals surface area (Å²) in [5.41, 5.74) is 2.64. The van der Waals surface area contributed by atoms with Crippen LogP contribution in [-0.4, -0.2) is 0 Å². The number of halogens is 4. The van der Waals surface area contributed by atoms with Crippen molar-refractivity contribution in [3.05, 3.63) is 90.2 Å². The van der Waals surface area contributed by atoms with E-state index in [4.69, 9.17) is 0 Å². The molecule has 0 saturated heterocycles. The first-order chi connectivity index (χ1) is 12.5. The Morgan fingerprint density at radius 3 is 1.88 bits per heavy atom. The summed E-state index contributed by atoms with van der Waals surface area (Å²) in [7, 11) is 0. The van der Waals surface area contributed by atoms with E-state index in [1.165, 1.54) is 12.1 Å². The molecule has 0 aromatic heterocycles. The topological polar surface area (TPSA) is 9.23 Å². The van der Waals surface area contributed by atoms with Crippen LogP contribution >= 0.6 is 0 Å². The van der Waals surface area contributed by atoms with Gasteiger partial charge in [-0.1, -0.05) is 42.0 Å². The van der Waals surface area contributed by atoms with E-state index in [0.717, 1.165) is 23.3 Å². The lowest BCUT2D eigenvalue weighted by Crippen LogP contribution is -1.94. The molecule has 0 N–H and O–H groups in total. The highest BCUT2D eigenvalue weighted by Gasteiger charge is 2.15. The summed E-state index contributed by atoms with van der Waals surface area (Å²) in [5.74, 6) is -3.47. The highest BCUT2D eigenvalue weighted by atomic mass is 19.1. The monoisotopic (exact) mass is 358 g/mol. The molecule has 0 spiro atoms. The van der Waals surface area contributed by atoms with Gasteiger partial charge in [0.2, 0.25) is 0 Å². The molecule has 0 heterocycles. The molecule has 0 radical (unpaired) electrons. The fraction of sp³-hybridized carbons (Fsp3) is 0.0476. The second kappa shape index (κ2) is 7.44. The Labute approximate surface area is 148 Å². The van der Waals surface area contributed by atoms with Gasteiger partial charge in [-0.25, -0.2) is 17.6 Å². The van der Waals surface area contributed by atoms with Crippen molar-refractivity contribution in [1.82, 2.24) is 0 Å². The zero-order valence-corrected chi connectivity index (χ0v) is 13.8. The third-order valence-corrected chi connectivity index (χ3v) is 3.90. The van der Waals surface area contributed by atoms with Crippen molar-refractivity contribution in [2.24, 2.45) is 0 Å². The zero-order valence-electron chi connectivity index (χ0n) is 13.8. The van der Waals surface area contributed by atoms with Gasteiger partial charge in [0, 0.05) is 5.56 Å². The first kappa shape index (κ1) is 17.7. The van der Waals surface area contributed by atoms with Gasteiger partial charge < -0.3 is 4.74 Å². The van der Waals surface area contributed by atoms with E-state index in [2.05, 4.69) is 4.74 Å². The predicted octanol–water partition coefficient (Wildman–Crippen LogP) is 6.57. The average molecular weight is 358 g/mol. The van der Waals surface area contributed by atoms with Crippen LogP contribution in [0.4, 0.5) is 17.6 Å². The molecular weight excluding hydrogens is 344 g/mol. The molecule has 0 aliphatic carbocycles. The Morgan fingerprint density at radius 2 is 1.31 bits per heavy atom. The van der Waals surface area contributed by atoms with Gasteiger partial charge in [0.15, 0.2) is 17.4 Å². The minimum atomic E-state index is -1.06. The first-order valence-corrected chi connectivity index (χ1v) is 7.77. The molecular formula is C21H14F4O. The molecule has 3 aromatic carbocycles. The smallest absolute Gasteiger partial charge is 0.197 e. The summed E-state index contributed by atoms with van der Waals surface area (Å²) >= 11 is 0. The van der Waals surface area contributed by atoms with E-state index in [9.17, 15) is 17.6 Å². The molecule has 26 heavy (non-hydrogen) atoms. The van der Waals surface area contributed by atoms with Gasteiger partial charge in [-0.3, -0.25) is 0 Å². The van der Waals surface area contributed by atoms with Crippen LogP contribution in [0.25, 0.3) is 22.3 Å². The molecule has 0 amide bonds. The fourth-order valence-electron chi connectivity index (χ4n) is 2.60. The number of hydrogen-bond acceptors (Lipinski definition) is 1. The maximum absolute atomic E-state index is 14.5. The van der Waals surface area contributed by atoms with Crippen molar-refractivity contribution >= 4 is 0 Å². The normalized spacial score (nSPS) is 11.1. The van der Waals surface area contributed by atoms with Crippen LogP contribution < -0.4 is 4.74 Å². The lowest BCUT2D eigenvalue weighted by molar-refractivity contribution is 0.399. The van der Waals surface area contributed by atoms with E-state index in [-0.39, 0.29) is 17.5 Å². The summed E-state index contributed by atoms with van der Waals surface area (Å²) < 4.78 is 59.0. The highest BCUT2D eigenvalue weighted by molar-refractivity contribution is 5.71. The molecule has 3 rings (SSSR count). The highest BCUT2D eigenvalue weighted by Crippen LogP contribution is 2.32. The number of hydrogen-bond donors (Lipinski definition) is 0. The van der Waals surface area contributed by atoms with Gasteiger partial charge in [0.25, 0.3) is 0 Å². The van der Waals surface area contributed by atoms with Crippen LogP contribution in [0, 0.1) is 24.4 Å². The summed E-state index contributed by atoms with van der Waals surface area (Å²) in [5, 5.41) is 0. The van der Waals surface area contributed by atoms with E-state index >= 15 is 0 Å². The molecule has 0 aliphatic heterocycles. The lowest BCUT2D eigenvalue weighted by Gasteiger charge is -2.10. The van der Waals surface area contributed by atoms with Gasteiger partial charge in [0.05, 0.1) is 0 Å². The zero-order chi connectivity index (χ0) is 18.7. The van der Waals surface area contributed by atoms with Crippen LogP contribution in [0.15, 0.2) is 67.2 Å². The largest absolute Gasteiger partial charge is 0.456 e. The third kappa shape index (κ3) is 3.61. The van der Waals surface area contributed by atoms with E-state index in [0.29, 0.717) is 11.8 Å². The number of benzene rings is 3. The van der Waals surface area contributed by atoms with Crippen molar-refractivity contribution in [3.8, 4) is 28.0 Å². The molecule has 5 heteroatoms. The summed E-state index contributed by atoms with van der Waals surface area (Å²) in [6, 6.07) is 13.9. The van der Waals surface area contributed by atoms with Gasteiger partial charge >= 0.3 is 0 Å².